The lowest BCUT2D eigenvalue weighted by atomic mass is 9.94. The van der Waals surface area contributed by atoms with Crippen LogP contribution in [0.15, 0.2) is 12.1 Å². The number of hydrogen-bond acceptors (Lipinski definition) is 4. The molecule has 0 spiro atoms. The highest BCUT2D eigenvalue weighted by atomic mass is 35.5. The summed E-state index contributed by atoms with van der Waals surface area (Å²) in [7, 11) is 0. The van der Waals surface area contributed by atoms with Crippen LogP contribution in [0.25, 0.3) is 0 Å². The van der Waals surface area contributed by atoms with Crippen molar-refractivity contribution in [3.05, 3.63) is 32.3 Å². The maximum absolute atomic E-state index is 11.1. The van der Waals surface area contributed by atoms with E-state index in [0.29, 0.717) is 16.0 Å². The molecular formula is C13H16Cl2N2O2S. The predicted octanol–water partition coefficient (Wildman–Crippen LogP) is 4.99. The van der Waals surface area contributed by atoms with Gasteiger partial charge >= 0.3 is 0 Å². The Hall–Kier alpha value is -0.650. The summed E-state index contributed by atoms with van der Waals surface area (Å²) in [6.07, 6.45) is 6.59. The van der Waals surface area contributed by atoms with E-state index in [9.17, 15) is 10.1 Å². The van der Waals surface area contributed by atoms with Crippen LogP contribution in [-0.2, 0) is 0 Å². The molecule has 110 valence electrons. The summed E-state index contributed by atoms with van der Waals surface area (Å²) in [6.45, 7) is 0. The molecule has 2 rings (SSSR count). The Kier molecular flexibility index (Phi) is 5.41. The highest BCUT2D eigenvalue weighted by Crippen LogP contribution is 2.37. The molecule has 1 aromatic rings. The summed E-state index contributed by atoms with van der Waals surface area (Å²) in [5, 5.41) is 15.4. The molecule has 7 heteroatoms. The lowest BCUT2D eigenvalue weighted by Gasteiger charge is -2.31. The number of hydrogen-bond donors (Lipinski definition) is 1. The van der Waals surface area contributed by atoms with E-state index < -0.39 is 4.92 Å². The van der Waals surface area contributed by atoms with E-state index in [1.807, 2.05) is 0 Å². The molecule has 0 bridgehead atoms. The van der Waals surface area contributed by atoms with Gasteiger partial charge < -0.3 is 5.32 Å². The van der Waals surface area contributed by atoms with E-state index in [1.54, 1.807) is 17.8 Å². The molecule has 0 saturated heterocycles. The van der Waals surface area contributed by atoms with E-state index in [-0.39, 0.29) is 16.8 Å². The molecule has 0 aromatic heterocycles. The third-order valence-electron chi connectivity index (χ3n) is 3.58. The normalized spacial score (nSPS) is 22.6. The molecule has 1 aliphatic rings. The second-order valence-electron chi connectivity index (χ2n) is 4.85. The smallest absolute Gasteiger partial charge is 0.293 e. The molecule has 4 nitrogen and oxygen atoms in total. The van der Waals surface area contributed by atoms with Crippen molar-refractivity contribution in [2.45, 2.75) is 37.0 Å². The molecule has 1 aromatic carbocycles. The summed E-state index contributed by atoms with van der Waals surface area (Å²) < 4.78 is 0. The zero-order valence-corrected chi connectivity index (χ0v) is 13.4. The topological polar surface area (TPSA) is 55.2 Å². The molecule has 1 N–H and O–H groups in total. The van der Waals surface area contributed by atoms with Crippen molar-refractivity contribution in [1.82, 2.24) is 0 Å². The van der Waals surface area contributed by atoms with Crippen molar-refractivity contribution in [2.24, 2.45) is 0 Å². The maximum Gasteiger partial charge on any atom is 0.293 e. The van der Waals surface area contributed by atoms with Crippen LogP contribution < -0.4 is 5.32 Å². The Balaban J connectivity index is 2.27. The Morgan fingerprint density at radius 2 is 1.95 bits per heavy atom. The van der Waals surface area contributed by atoms with Gasteiger partial charge in [-0.25, -0.2) is 0 Å². The lowest BCUT2D eigenvalue weighted by Crippen LogP contribution is -2.34. The first-order valence-electron chi connectivity index (χ1n) is 6.45. The van der Waals surface area contributed by atoms with Crippen molar-refractivity contribution in [1.29, 1.82) is 0 Å². The minimum atomic E-state index is -0.429. The molecule has 2 atom stereocenters. The Morgan fingerprint density at radius 3 is 2.60 bits per heavy atom. The van der Waals surface area contributed by atoms with Crippen LogP contribution in [0.4, 0.5) is 11.4 Å². The van der Waals surface area contributed by atoms with Crippen LogP contribution in [0.3, 0.4) is 0 Å². The molecule has 0 radical (unpaired) electrons. The lowest BCUT2D eigenvalue weighted by molar-refractivity contribution is -0.384. The van der Waals surface area contributed by atoms with Gasteiger partial charge in [0.25, 0.3) is 5.69 Å². The summed E-state index contributed by atoms with van der Waals surface area (Å²) in [6, 6.07) is 3.09. The van der Waals surface area contributed by atoms with Gasteiger partial charge in [-0.2, -0.15) is 11.8 Å². The zero-order chi connectivity index (χ0) is 14.7. The summed E-state index contributed by atoms with van der Waals surface area (Å²) >= 11 is 13.6. The number of thioether (sulfide) groups is 1. The molecule has 2 unspecified atom stereocenters. The van der Waals surface area contributed by atoms with Crippen LogP contribution in [0.5, 0.6) is 0 Å². The highest BCUT2D eigenvalue weighted by molar-refractivity contribution is 7.99. The van der Waals surface area contributed by atoms with Gasteiger partial charge in [-0.1, -0.05) is 36.0 Å². The van der Waals surface area contributed by atoms with Gasteiger partial charge in [-0.05, 0) is 25.2 Å². The number of rotatable bonds is 4. The highest BCUT2D eigenvalue weighted by Gasteiger charge is 2.27. The summed E-state index contributed by atoms with van der Waals surface area (Å²) in [5.74, 6) is 0. The van der Waals surface area contributed by atoms with Crippen LogP contribution in [0.2, 0.25) is 10.0 Å². The van der Waals surface area contributed by atoms with E-state index in [1.165, 1.54) is 12.5 Å². The first-order valence-corrected chi connectivity index (χ1v) is 8.50. The number of halogens is 2. The monoisotopic (exact) mass is 334 g/mol. The second kappa shape index (κ2) is 6.87. The van der Waals surface area contributed by atoms with Gasteiger partial charge in [0.15, 0.2) is 0 Å². The van der Waals surface area contributed by atoms with Gasteiger partial charge in [0.05, 0.1) is 15.0 Å². The number of nitrogens with one attached hydrogen (secondary N) is 1. The SMILES string of the molecule is CSC1CCCCC1Nc1cc(Cl)c(Cl)cc1[N+](=O)[O-]. The Bertz CT molecular complexity index is 513. The van der Waals surface area contributed by atoms with Crippen molar-refractivity contribution in [3.63, 3.8) is 0 Å². The van der Waals surface area contributed by atoms with Crippen molar-refractivity contribution in [2.75, 3.05) is 11.6 Å². The van der Waals surface area contributed by atoms with Crippen LogP contribution in [-0.4, -0.2) is 22.5 Å². The largest absolute Gasteiger partial charge is 0.376 e. The van der Waals surface area contributed by atoms with Crippen LogP contribution in [0.1, 0.15) is 25.7 Å². The van der Waals surface area contributed by atoms with Gasteiger partial charge in [0.2, 0.25) is 0 Å². The minimum Gasteiger partial charge on any atom is -0.376 e. The Labute approximate surface area is 132 Å². The molecule has 0 heterocycles. The summed E-state index contributed by atoms with van der Waals surface area (Å²) in [5.41, 5.74) is 0.431. The van der Waals surface area contributed by atoms with Crippen molar-refractivity contribution < 1.29 is 4.92 Å². The zero-order valence-electron chi connectivity index (χ0n) is 11.1. The fraction of sp³-hybridized carbons (Fsp3) is 0.538. The van der Waals surface area contributed by atoms with Gasteiger partial charge in [0.1, 0.15) is 5.69 Å². The van der Waals surface area contributed by atoms with Crippen LogP contribution >= 0.6 is 35.0 Å². The fourth-order valence-electron chi connectivity index (χ4n) is 2.55. The number of nitro groups is 1. The molecule has 20 heavy (non-hydrogen) atoms. The first-order chi connectivity index (χ1) is 9.52. The quantitative estimate of drug-likeness (QED) is 0.622. The molecule has 1 fully saturated rings. The van der Waals surface area contributed by atoms with Gasteiger partial charge in [-0.15, -0.1) is 0 Å². The fourth-order valence-corrected chi connectivity index (χ4v) is 3.80. The number of nitrogens with zero attached hydrogens (tertiary/aromatic N) is 1. The van der Waals surface area contributed by atoms with Gasteiger partial charge in [0, 0.05) is 17.4 Å². The average molecular weight is 335 g/mol. The molecule has 1 saturated carbocycles. The van der Waals surface area contributed by atoms with Gasteiger partial charge in [-0.3, -0.25) is 10.1 Å². The second-order valence-corrected chi connectivity index (χ2v) is 6.74. The number of nitro benzene ring substituents is 1. The first kappa shape index (κ1) is 15.7. The van der Waals surface area contributed by atoms with E-state index in [4.69, 9.17) is 23.2 Å². The third-order valence-corrected chi connectivity index (χ3v) is 5.47. The van der Waals surface area contributed by atoms with Crippen molar-refractivity contribution >= 4 is 46.3 Å². The van der Waals surface area contributed by atoms with E-state index in [2.05, 4.69) is 11.6 Å². The van der Waals surface area contributed by atoms with E-state index in [0.717, 1.165) is 19.3 Å². The summed E-state index contributed by atoms with van der Waals surface area (Å²) in [4.78, 5) is 10.7. The van der Waals surface area contributed by atoms with Crippen molar-refractivity contribution in [3.8, 4) is 0 Å². The standard InChI is InChI=1S/C13H16Cl2N2O2S/c1-20-13-5-3-2-4-10(13)16-11-6-8(14)9(15)7-12(11)17(18)19/h6-7,10,13,16H,2-5H2,1H3. The molecule has 0 aliphatic heterocycles. The molecular weight excluding hydrogens is 319 g/mol. The predicted molar refractivity (Wildman–Crippen MR) is 86.3 cm³/mol. The van der Waals surface area contributed by atoms with E-state index >= 15 is 0 Å². The minimum absolute atomic E-state index is 0.0233. The van der Waals surface area contributed by atoms with Crippen LogP contribution in [0, 0.1) is 10.1 Å². The molecule has 1 aliphatic carbocycles. The third kappa shape index (κ3) is 3.51. The number of anilines is 1. The maximum atomic E-state index is 11.1. The Morgan fingerprint density at radius 1 is 1.30 bits per heavy atom. The average Bonchev–Trinajstić information content (AvgIpc) is 2.43. The molecule has 0 amide bonds. The number of benzene rings is 1.